The Kier molecular flexibility index (Phi) is 3.57. The van der Waals surface area contributed by atoms with Crippen molar-refractivity contribution in [1.29, 1.82) is 0 Å². The molecular weight excluding hydrogens is 205 g/mol. The maximum atomic E-state index is 12.2. The van der Waals surface area contributed by atoms with E-state index in [9.17, 15) is 30.7 Å². The van der Waals surface area contributed by atoms with Crippen LogP contribution in [0.15, 0.2) is 0 Å². The van der Waals surface area contributed by atoms with E-state index in [0.717, 1.165) is 6.92 Å². The molecule has 0 aromatic heterocycles. The molecule has 0 bridgehead atoms. The average molecular weight is 212 g/mol. The summed E-state index contributed by atoms with van der Waals surface area (Å²) in [5.41, 5.74) is 0. The van der Waals surface area contributed by atoms with Crippen LogP contribution in [0.25, 0.3) is 0 Å². The molecule has 0 fully saturated rings. The lowest BCUT2D eigenvalue weighted by molar-refractivity contribution is -0.309. The van der Waals surface area contributed by atoms with E-state index in [-0.39, 0.29) is 0 Å². The van der Waals surface area contributed by atoms with Crippen molar-refractivity contribution in [2.24, 2.45) is 0 Å². The van der Waals surface area contributed by atoms with Crippen molar-refractivity contribution < 1.29 is 30.7 Å². The van der Waals surface area contributed by atoms with E-state index >= 15 is 0 Å². The van der Waals surface area contributed by atoms with Gasteiger partial charge >= 0.3 is 12.1 Å². The first-order valence-electron chi connectivity index (χ1n) is 3.37. The van der Waals surface area contributed by atoms with Gasteiger partial charge in [0.1, 0.15) is 6.17 Å². The Balaban J connectivity index is 4.63. The molecule has 0 amide bonds. The summed E-state index contributed by atoms with van der Waals surface area (Å²) in [5.74, 6) is -5.62. The Hall–Kier alpha value is -0.490. The molecule has 0 radical (unpaired) electrons. The van der Waals surface area contributed by atoms with Gasteiger partial charge in [0, 0.05) is 0 Å². The van der Waals surface area contributed by atoms with Crippen LogP contribution in [-0.4, -0.2) is 24.4 Å². The van der Waals surface area contributed by atoms with Gasteiger partial charge < -0.3 is 0 Å². The molecule has 0 saturated heterocycles. The zero-order valence-corrected chi connectivity index (χ0v) is 6.51. The van der Waals surface area contributed by atoms with Gasteiger partial charge in [0.25, 0.3) is 0 Å². The molecule has 0 nitrogen and oxygen atoms in total. The number of halogens is 7. The Morgan fingerprint density at radius 1 is 1.00 bits per heavy atom. The summed E-state index contributed by atoms with van der Waals surface area (Å²) in [4.78, 5) is 0. The highest BCUT2D eigenvalue weighted by molar-refractivity contribution is 4.88. The monoisotopic (exact) mass is 212 g/mol. The van der Waals surface area contributed by atoms with Crippen LogP contribution >= 0.6 is 0 Å². The molecule has 80 valence electrons. The first kappa shape index (κ1) is 12.5. The molecule has 0 saturated carbocycles. The van der Waals surface area contributed by atoms with E-state index in [1.54, 1.807) is 0 Å². The summed E-state index contributed by atoms with van der Waals surface area (Å²) in [7, 11) is 0. The van der Waals surface area contributed by atoms with Gasteiger partial charge in [0.15, 0.2) is 0 Å². The highest BCUT2D eigenvalue weighted by atomic mass is 19.4. The molecular formula is C6H7F7. The van der Waals surface area contributed by atoms with Crippen molar-refractivity contribution >= 4 is 0 Å². The maximum Gasteiger partial charge on any atom is 0.456 e. The molecule has 2 atom stereocenters. The second-order valence-electron chi connectivity index (χ2n) is 2.45. The fourth-order valence-corrected chi connectivity index (χ4v) is 0.590. The van der Waals surface area contributed by atoms with Gasteiger partial charge in [-0.25, -0.2) is 8.78 Å². The van der Waals surface area contributed by atoms with E-state index in [1.165, 1.54) is 0 Å². The third kappa shape index (κ3) is 2.47. The fourth-order valence-electron chi connectivity index (χ4n) is 0.590. The van der Waals surface area contributed by atoms with Gasteiger partial charge in [-0.3, -0.25) is 0 Å². The highest BCUT2D eigenvalue weighted by Crippen LogP contribution is 2.41. The third-order valence-corrected chi connectivity index (χ3v) is 1.43. The van der Waals surface area contributed by atoms with E-state index in [4.69, 9.17) is 0 Å². The van der Waals surface area contributed by atoms with Crippen LogP contribution in [0.5, 0.6) is 0 Å². The summed E-state index contributed by atoms with van der Waals surface area (Å²) in [6.45, 7) is 0.976. The molecule has 0 aromatic rings. The predicted molar refractivity (Wildman–Crippen MR) is 31.1 cm³/mol. The summed E-state index contributed by atoms with van der Waals surface area (Å²) in [6.07, 6.45) is -13.4. The second kappa shape index (κ2) is 3.71. The van der Waals surface area contributed by atoms with Gasteiger partial charge in [-0.05, 0) is 6.42 Å². The molecule has 13 heavy (non-hydrogen) atoms. The SMILES string of the molecule is CCC(F)[C@H](F)C(F)(F)C(F)(F)F. The zero-order valence-electron chi connectivity index (χ0n) is 6.51. The Labute approximate surface area is 69.7 Å². The third-order valence-electron chi connectivity index (χ3n) is 1.43. The first-order chi connectivity index (χ1) is 5.64. The number of hydrogen-bond donors (Lipinski definition) is 0. The normalized spacial score (nSPS) is 18.5. The number of rotatable bonds is 3. The van der Waals surface area contributed by atoms with Gasteiger partial charge in [0.2, 0.25) is 6.17 Å². The lowest BCUT2D eigenvalue weighted by Gasteiger charge is -2.24. The fraction of sp³-hybridized carbons (Fsp3) is 1.00. The zero-order chi connectivity index (χ0) is 10.9. The van der Waals surface area contributed by atoms with Gasteiger partial charge in [-0.1, -0.05) is 6.92 Å². The Morgan fingerprint density at radius 3 is 1.62 bits per heavy atom. The van der Waals surface area contributed by atoms with Crippen LogP contribution in [0.4, 0.5) is 30.7 Å². The molecule has 0 aliphatic heterocycles. The van der Waals surface area contributed by atoms with E-state index in [0.29, 0.717) is 0 Å². The molecule has 0 aliphatic rings. The average Bonchev–Trinajstić information content (AvgIpc) is 1.99. The van der Waals surface area contributed by atoms with Crippen LogP contribution < -0.4 is 0 Å². The standard InChI is InChI=1S/C6H7F7/c1-2-3(7)4(8)5(9,10)6(11,12)13/h3-4H,2H2,1H3/t3?,4-/m0/s1. The van der Waals surface area contributed by atoms with E-state index in [2.05, 4.69) is 0 Å². The first-order valence-corrected chi connectivity index (χ1v) is 3.37. The van der Waals surface area contributed by atoms with Crippen LogP contribution in [0, 0.1) is 0 Å². The Bertz CT molecular complexity index is 161. The molecule has 7 heteroatoms. The number of alkyl halides is 7. The van der Waals surface area contributed by atoms with Crippen molar-refractivity contribution in [3.8, 4) is 0 Å². The van der Waals surface area contributed by atoms with Crippen LogP contribution in [0.2, 0.25) is 0 Å². The smallest absolute Gasteiger partial charge is 0.244 e. The van der Waals surface area contributed by atoms with Crippen molar-refractivity contribution in [3.05, 3.63) is 0 Å². The van der Waals surface area contributed by atoms with Crippen LogP contribution in [0.3, 0.4) is 0 Å². The molecule has 0 rings (SSSR count). The summed E-state index contributed by atoms with van der Waals surface area (Å²) in [6, 6.07) is 0. The largest absolute Gasteiger partial charge is 0.456 e. The minimum Gasteiger partial charge on any atom is -0.244 e. The highest BCUT2D eigenvalue weighted by Gasteiger charge is 2.65. The van der Waals surface area contributed by atoms with E-state index in [1.807, 2.05) is 0 Å². The second-order valence-corrected chi connectivity index (χ2v) is 2.45. The number of hydrogen-bond acceptors (Lipinski definition) is 0. The topological polar surface area (TPSA) is 0 Å². The molecule has 1 unspecified atom stereocenters. The van der Waals surface area contributed by atoms with Crippen molar-refractivity contribution in [3.63, 3.8) is 0 Å². The summed E-state index contributed by atoms with van der Waals surface area (Å²) >= 11 is 0. The lowest BCUT2D eigenvalue weighted by atomic mass is 10.1. The molecule has 0 N–H and O–H groups in total. The van der Waals surface area contributed by atoms with Gasteiger partial charge in [0.05, 0.1) is 0 Å². The quantitative estimate of drug-likeness (QED) is 0.630. The van der Waals surface area contributed by atoms with Gasteiger partial charge in [-0.2, -0.15) is 22.0 Å². The van der Waals surface area contributed by atoms with E-state index < -0.39 is 30.9 Å². The van der Waals surface area contributed by atoms with Crippen molar-refractivity contribution in [2.45, 2.75) is 37.8 Å². The summed E-state index contributed by atoms with van der Waals surface area (Å²) in [5, 5.41) is 0. The maximum absolute atomic E-state index is 12.2. The van der Waals surface area contributed by atoms with Gasteiger partial charge in [-0.15, -0.1) is 0 Å². The predicted octanol–water partition coefficient (Wildman–Crippen LogP) is 3.27. The summed E-state index contributed by atoms with van der Waals surface area (Å²) < 4.78 is 82.7. The molecule has 0 aromatic carbocycles. The van der Waals surface area contributed by atoms with Crippen LogP contribution in [0.1, 0.15) is 13.3 Å². The lowest BCUT2D eigenvalue weighted by Crippen LogP contribution is -2.48. The molecule has 0 aliphatic carbocycles. The Morgan fingerprint density at radius 2 is 1.38 bits per heavy atom. The minimum atomic E-state index is -6.05. The van der Waals surface area contributed by atoms with Crippen molar-refractivity contribution in [2.75, 3.05) is 0 Å². The van der Waals surface area contributed by atoms with Crippen LogP contribution in [-0.2, 0) is 0 Å². The molecule has 0 heterocycles. The minimum absolute atomic E-state index is 0.729. The van der Waals surface area contributed by atoms with Crippen molar-refractivity contribution in [1.82, 2.24) is 0 Å². The molecule has 0 spiro atoms.